The highest BCUT2D eigenvalue weighted by Gasteiger charge is 2.21. The number of amides is 1. The van der Waals surface area contributed by atoms with Crippen molar-refractivity contribution < 1.29 is 19.0 Å². The highest BCUT2D eigenvalue weighted by Crippen LogP contribution is 2.31. The van der Waals surface area contributed by atoms with E-state index in [4.69, 9.17) is 19.2 Å². The van der Waals surface area contributed by atoms with Crippen LogP contribution >= 0.6 is 11.3 Å². The minimum atomic E-state index is -0.0977. The SMILES string of the molecule is COc1ccc2sc(N(CCCN3CCOCC3)C(=O)COc3cccc(C)c3)nc2c1. The number of ether oxygens (including phenoxy) is 3. The third kappa shape index (κ3) is 5.76. The molecule has 2 aromatic carbocycles. The zero-order valence-corrected chi connectivity index (χ0v) is 19.4. The first-order valence-corrected chi connectivity index (χ1v) is 11.7. The van der Waals surface area contributed by atoms with Crippen LogP contribution in [0, 0.1) is 6.92 Å². The van der Waals surface area contributed by atoms with Gasteiger partial charge in [0.25, 0.3) is 5.91 Å². The van der Waals surface area contributed by atoms with Crippen LogP contribution in [0.4, 0.5) is 5.13 Å². The Morgan fingerprint density at radius 3 is 2.81 bits per heavy atom. The molecule has 0 aliphatic carbocycles. The van der Waals surface area contributed by atoms with Crippen LogP contribution in [0.1, 0.15) is 12.0 Å². The van der Waals surface area contributed by atoms with Crippen molar-refractivity contribution in [3.8, 4) is 11.5 Å². The zero-order valence-electron chi connectivity index (χ0n) is 18.6. The number of anilines is 1. The van der Waals surface area contributed by atoms with Crippen molar-refractivity contribution in [3.63, 3.8) is 0 Å². The summed E-state index contributed by atoms with van der Waals surface area (Å²) < 4.78 is 17.6. The quantitative estimate of drug-likeness (QED) is 0.490. The van der Waals surface area contributed by atoms with Gasteiger partial charge < -0.3 is 14.2 Å². The van der Waals surface area contributed by atoms with Gasteiger partial charge in [0, 0.05) is 32.2 Å². The summed E-state index contributed by atoms with van der Waals surface area (Å²) in [6.07, 6.45) is 0.857. The minimum Gasteiger partial charge on any atom is -0.497 e. The van der Waals surface area contributed by atoms with Crippen molar-refractivity contribution in [2.75, 3.05) is 58.0 Å². The van der Waals surface area contributed by atoms with E-state index < -0.39 is 0 Å². The summed E-state index contributed by atoms with van der Waals surface area (Å²) in [6, 6.07) is 13.5. The fourth-order valence-corrected chi connectivity index (χ4v) is 4.66. The van der Waals surface area contributed by atoms with Crippen molar-refractivity contribution in [3.05, 3.63) is 48.0 Å². The van der Waals surface area contributed by atoms with Gasteiger partial charge in [-0.2, -0.15) is 0 Å². The molecule has 1 aliphatic heterocycles. The monoisotopic (exact) mass is 455 g/mol. The summed E-state index contributed by atoms with van der Waals surface area (Å²) in [4.78, 5) is 22.1. The molecule has 0 spiro atoms. The van der Waals surface area contributed by atoms with Crippen LogP contribution in [0.15, 0.2) is 42.5 Å². The lowest BCUT2D eigenvalue weighted by Gasteiger charge is -2.27. The van der Waals surface area contributed by atoms with Crippen LogP contribution in [-0.2, 0) is 9.53 Å². The molecule has 0 saturated carbocycles. The van der Waals surface area contributed by atoms with E-state index >= 15 is 0 Å². The first kappa shape index (κ1) is 22.5. The normalized spacial score (nSPS) is 14.4. The molecule has 8 heteroatoms. The van der Waals surface area contributed by atoms with Crippen molar-refractivity contribution in [1.82, 2.24) is 9.88 Å². The average molecular weight is 456 g/mol. The number of morpholine rings is 1. The van der Waals surface area contributed by atoms with Gasteiger partial charge in [0.05, 0.1) is 30.5 Å². The standard InChI is InChI=1S/C24H29N3O4S/c1-18-5-3-6-20(15-18)31-17-23(28)27(10-4-9-26-11-13-30-14-12-26)24-25-21-16-19(29-2)7-8-22(21)32-24/h3,5-8,15-16H,4,9-14,17H2,1-2H3. The van der Waals surface area contributed by atoms with Gasteiger partial charge in [0.2, 0.25) is 0 Å². The molecule has 1 aromatic heterocycles. The number of methoxy groups -OCH3 is 1. The van der Waals surface area contributed by atoms with Gasteiger partial charge in [0.1, 0.15) is 11.5 Å². The summed E-state index contributed by atoms with van der Waals surface area (Å²) in [7, 11) is 1.64. The van der Waals surface area contributed by atoms with Crippen molar-refractivity contribution in [1.29, 1.82) is 0 Å². The van der Waals surface area contributed by atoms with Crippen LogP contribution in [0.25, 0.3) is 10.2 Å². The molecule has 0 unspecified atom stereocenters. The van der Waals surface area contributed by atoms with Gasteiger partial charge in [-0.25, -0.2) is 4.98 Å². The molecule has 4 rings (SSSR count). The number of fused-ring (bicyclic) bond motifs is 1. The third-order valence-electron chi connectivity index (χ3n) is 5.43. The smallest absolute Gasteiger partial charge is 0.266 e. The number of carbonyl (C=O) groups excluding carboxylic acids is 1. The van der Waals surface area contributed by atoms with E-state index in [1.807, 2.05) is 49.4 Å². The molecule has 0 bridgehead atoms. The van der Waals surface area contributed by atoms with Crippen LogP contribution in [0.3, 0.4) is 0 Å². The molecular formula is C24H29N3O4S. The highest BCUT2D eigenvalue weighted by atomic mass is 32.1. The molecule has 3 aromatic rings. The minimum absolute atomic E-state index is 0.0275. The van der Waals surface area contributed by atoms with E-state index in [1.165, 1.54) is 11.3 Å². The second-order valence-electron chi connectivity index (χ2n) is 7.79. The van der Waals surface area contributed by atoms with Gasteiger partial charge in [-0.3, -0.25) is 14.6 Å². The largest absolute Gasteiger partial charge is 0.497 e. The van der Waals surface area contributed by atoms with Gasteiger partial charge in [0.15, 0.2) is 11.7 Å². The van der Waals surface area contributed by atoms with Gasteiger partial charge in [-0.05, 0) is 43.2 Å². The molecule has 1 saturated heterocycles. The highest BCUT2D eigenvalue weighted by molar-refractivity contribution is 7.22. The predicted molar refractivity (Wildman–Crippen MR) is 127 cm³/mol. The predicted octanol–water partition coefficient (Wildman–Crippen LogP) is 3.75. The van der Waals surface area contributed by atoms with Crippen LogP contribution < -0.4 is 14.4 Å². The third-order valence-corrected chi connectivity index (χ3v) is 6.49. The van der Waals surface area contributed by atoms with Crippen LogP contribution in [0.2, 0.25) is 0 Å². The lowest BCUT2D eigenvalue weighted by atomic mass is 10.2. The number of nitrogens with zero attached hydrogens (tertiary/aromatic N) is 3. The Labute approximate surface area is 192 Å². The Morgan fingerprint density at radius 1 is 1.19 bits per heavy atom. The Kier molecular flexibility index (Phi) is 7.57. The molecule has 0 N–H and O–H groups in total. The number of hydrogen-bond acceptors (Lipinski definition) is 7. The van der Waals surface area contributed by atoms with E-state index in [0.29, 0.717) is 17.4 Å². The molecule has 1 fully saturated rings. The van der Waals surface area contributed by atoms with Crippen molar-refractivity contribution in [2.45, 2.75) is 13.3 Å². The van der Waals surface area contributed by atoms with Gasteiger partial charge in [-0.1, -0.05) is 23.5 Å². The maximum absolute atomic E-state index is 13.2. The molecular weight excluding hydrogens is 426 g/mol. The lowest BCUT2D eigenvalue weighted by molar-refractivity contribution is -0.120. The van der Waals surface area contributed by atoms with Crippen LogP contribution in [-0.4, -0.2) is 68.9 Å². The van der Waals surface area contributed by atoms with E-state index in [0.717, 1.165) is 60.8 Å². The molecule has 1 amide bonds. The molecule has 32 heavy (non-hydrogen) atoms. The van der Waals surface area contributed by atoms with E-state index in [9.17, 15) is 4.79 Å². The number of benzene rings is 2. The molecule has 1 aliphatic rings. The number of aryl methyl sites for hydroxylation is 1. The first-order valence-electron chi connectivity index (χ1n) is 10.9. The van der Waals surface area contributed by atoms with Crippen LogP contribution in [0.5, 0.6) is 11.5 Å². The van der Waals surface area contributed by atoms with Gasteiger partial charge >= 0.3 is 0 Å². The number of thiazole rings is 1. The fourth-order valence-electron chi connectivity index (χ4n) is 3.67. The summed E-state index contributed by atoms with van der Waals surface area (Å²) in [5.74, 6) is 1.35. The molecule has 0 radical (unpaired) electrons. The molecule has 170 valence electrons. The van der Waals surface area contributed by atoms with E-state index in [-0.39, 0.29) is 12.5 Å². The molecule has 2 heterocycles. The number of aromatic nitrogens is 1. The zero-order chi connectivity index (χ0) is 22.3. The summed E-state index contributed by atoms with van der Waals surface area (Å²) in [5.41, 5.74) is 1.92. The molecule has 0 atom stereocenters. The van der Waals surface area contributed by atoms with Crippen molar-refractivity contribution in [2.24, 2.45) is 0 Å². The van der Waals surface area contributed by atoms with Gasteiger partial charge in [-0.15, -0.1) is 0 Å². The fraction of sp³-hybridized carbons (Fsp3) is 0.417. The first-order chi connectivity index (χ1) is 15.6. The Hall–Kier alpha value is -2.68. The Bertz CT molecular complexity index is 1050. The van der Waals surface area contributed by atoms with Crippen molar-refractivity contribution >= 4 is 32.6 Å². The number of carbonyl (C=O) groups is 1. The maximum atomic E-state index is 13.2. The van der Waals surface area contributed by atoms with E-state index in [2.05, 4.69) is 4.90 Å². The number of rotatable bonds is 9. The lowest BCUT2D eigenvalue weighted by Crippen LogP contribution is -2.40. The maximum Gasteiger partial charge on any atom is 0.266 e. The Morgan fingerprint density at radius 2 is 2.03 bits per heavy atom. The number of hydrogen-bond donors (Lipinski definition) is 0. The summed E-state index contributed by atoms with van der Waals surface area (Å²) in [6.45, 7) is 6.90. The second-order valence-corrected chi connectivity index (χ2v) is 8.80. The average Bonchev–Trinajstić information content (AvgIpc) is 3.24. The summed E-state index contributed by atoms with van der Waals surface area (Å²) in [5, 5.41) is 0.688. The Balaban J connectivity index is 1.48. The second kappa shape index (κ2) is 10.8. The van der Waals surface area contributed by atoms with E-state index in [1.54, 1.807) is 12.0 Å². The summed E-state index contributed by atoms with van der Waals surface area (Å²) >= 11 is 1.51. The topological polar surface area (TPSA) is 64.1 Å². The molecule has 7 nitrogen and oxygen atoms in total.